The molecule has 0 bridgehead atoms. The number of likely N-dealkylation sites (tertiary alicyclic amines) is 1. The molecule has 2 aliphatic heterocycles. The summed E-state index contributed by atoms with van der Waals surface area (Å²) in [7, 11) is 2.72. The number of imide groups is 1. The Kier molecular flexibility index (Phi) is 11.8. The number of ether oxygens (including phenoxy) is 6. The third kappa shape index (κ3) is 6.44. The van der Waals surface area contributed by atoms with Crippen molar-refractivity contribution in [3.8, 4) is 0 Å². The van der Waals surface area contributed by atoms with Crippen molar-refractivity contribution in [2.75, 3.05) is 21.3 Å². The van der Waals surface area contributed by atoms with E-state index in [0.29, 0.717) is 18.4 Å². The number of carbonyl (C=O) groups excluding carboxylic acids is 6. The smallest absolute Gasteiger partial charge is 0.432 e. The molecule has 13 nitrogen and oxygen atoms in total. The molecule has 0 aliphatic carbocycles. The molecule has 0 aromatic heterocycles. The molecule has 0 N–H and O–H groups in total. The minimum Gasteiger partial charge on any atom is -0.465 e. The third-order valence-electron chi connectivity index (χ3n) is 8.96. The fourth-order valence-electron chi connectivity index (χ4n) is 6.54. The van der Waals surface area contributed by atoms with E-state index in [9.17, 15) is 41.9 Å². The van der Waals surface area contributed by atoms with Crippen LogP contribution in [0.4, 0.5) is 13.2 Å². The van der Waals surface area contributed by atoms with Gasteiger partial charge in [-0.3, -0.25) is 24.0 Å². The maximum atomic E-state index is 14.9. The Morgan fingerprint density at radius 2 is 1.55 bits per heavy atom. The summed E-state index contributed by atoms with van der Waals surface area (Å²) < 4.78 is 78.0. The highest BCUT2D eigenvalue weighted by Gasteiger charge is 2.81. The molecular weight excluding hydrogens is 707 g/mol. The number of halogens is 3. The van der Waals surface area contributed by atoms with Crippen LogP contribution < -0.4 is 0 Å². The zero-order valence-electron chi connectivity index (χ0n) is 29.8. The van der Waals surface area contributed by atoms with Gasteiger partial charge in [0.1, 0.15) is 11.9 Å². The second-order valence-electron chi connectivity index (χ2n) is 12.0. The number of esters is 2. The first-order chi connectivity index (χ1) is 25.0. The Labute approximate surface area is 302 Å². The van der Waals surface area contributed by atoms with Crippen molar-refractivity contribution >= 4 is 35.3 Å². The topological polar surface area (TPSA) is 161 Å². The minimum atomic E-state index is -5.41. The maximum absolute atomic E-state index is 14.9. The molecule has 2 aromatic rings. The number of alkyl halides is 3. The fourth-order valence-corrected chi connectivity index (χ4v) is 6.54. The van der Waals surface area contributed by atoms with E-state index in [4.69, 9.17) is 28.4 Å². The van der Waals surface area contributed by atoms with Crippen LogP contribution in [0, 0.1) is 0 Å². The highest BCUT2D eigenvalue weighted by molar-refractivity contribution is 6.26. The Morgan fingerprint density at radius 3 is 2.02 bits per heavy atom. The van der Waals surface area contributed by atoms with Gasteiger partial charge >= 0.3 is 18.1 Å². The van der Waals surface area contributed by atoms with Gasteiger partial charge in [0.2, 0.25) is 23.6 Å². The summed E-state index contributed by atoms with van der Waals surface area (Å²) in [6.45, 7) is 4.62. The van der Waals surface area contributed by atoms with E-state index >= 15 is 0 Å². The SMILES string of the molecule is CC/C=C\C(OC)C(OC(=O)[C@@](OC)(c1ccccc1)C(F)(F)F)C1=C(C)C(=O)[C@]2(O1)C(=O)N(C(C)=O)[C@@](OC)(C(=O)c1ccccc1)[C@@H]2OC(C)=O. The minimum absolute atomic E-state index is 0.127. The molecule has 2 amide bonds. The van der Waals surface area contributed by atoms with Crippen molar-refractivity contribution in [3.63, 3.8) is 0 Å². The molecule has 53 heavy (non-hydrogen) atoms. The lowest BCUT2D eigenvalue weighted by atomic mass is 9.84. The monoisotopic (exact) mass is 745 g/mol. The highest BCUT2D eigenvalue weighted by atomic mass is 19.4. The zero-order chi connectivity index (χ0) is 39.5. The maximum Gasteiger partial charge on any atom is 0.432 e. The second kappa shape index (κ2) is 15.4. The van der Waals surface area contributed by atoms with Crippen LogP contribution in [0.3, 0.4) is 0 Å². The highest BCUT2D eigenvalue weighted by Crippen LogP contribution is 2.51. The summed E-state index contributed by atoms with van der Waals surface area (Å²) in [6, 6.07) is 13.1. The first kappa shape index (κ1) is 40.6. The summed E-state index contributed by atoms with van der Waals surface area (Å²) in [5.74, 6) is -8.84. The second-order valence-corrected chi connectivity index (χ2v) is 12.0. The van der Waals surface area contributed by atoms with Gasteiger partial charge in [-0.25, -0.2) is 9.69 Å². The summed E-state index contributed by atoms with van der Waals surface area (Å²) >= 11 is 0. The number of methoxy groups -OCH3 is 3. The molecule has 2 unspecified atom stereocenters. The van der Waals surface area contributed by atoms with Gasteiger partial charge in [-0.2, -0.15) is 13.2 Å². The largest absolute Gasteiger partial charge is 0.465 e. The van der Waals surface area contributed by atoms with Crippen molar-refractivity contribution in [1.82, 2.24) is 4.90 Å². The van der Waals surface area contributed by atoms with Crippen LogP contribution in [0.5, 0.6) is 0 Å². The Balaban J connectivity index is 1.97. The lowest BCUT2D eigenvalue weighted by molar-refractivity contribution is -0.279. The first-order valence-corrected chi connectivity index (χ1v) is 16.2. The molecule has 2 heterocycles. The van der Waals surface area contributed by atoms with Crippen LogP contribution in [-0.4, -0.2) is 97.4 Å². The van der Waals surface area contributed by atoms with Crippen molar-refractivity contribution < 1.29 is 70.4 Å². The molecule has 0 saturated carbocycles. The Hall–Kier alpha value is -5.19. The number of amides is 2. The van der Waals surface area contributed by atoms with Gasteiger partial charge in [0, 0.05) is 51.9 Å². The summed E-state index contributed by atoms with van der Waals surface area (Å²) in [5, 5.41) is 0. The van der Waals surface area contributed by atoms with Crippen LogP contribution in [-0.2, 0) is 58.0 Å². The van der Waals surface area contributed by atoms with Crippen LogP contribution in [0.2, 0.25) is 0 Å². The van der Waals surface area contributed by atoms with E-state index in [0.717, 1.165) is 47.1 Å². The normalized spacial score (nSPS) is 23.9. The van der Waals surface area contributed by atoms with Crippen LogP contribution in [0.15, 0.2) is 84.1 Å². The number of ketones is 2. The molecule has 2 aliphatic rings. The number of carbonyl (C=O) groups is 6. The van der Waals surface area contributed by atoms with E-state index in [1.807, 2.05) is 0 Å². The molecule has 1 saturated heterocycles. The van der Waals surface area contributed by atoms with E-state index < -0.39 is 93.6 Å². The van der Waals surface area contributed by atoms with Gasteiger partial charge < -0.3 is 28.4 Å². The molecule has 2 aromatic carbocycles. The lowest BCUT2D eigenvalue weighted by Gasteiger charge is -2.38. The predicted octanol–water partition coefficient (Wildman–Crippen LogP) is 4.14. The molecule has 1 fully saturated rings. The molecule has 0 radical (unpaired) electrons. The summed E-state index contributed by atoms with van der Waals surface area (Å²) in [6.07, 6.45) is -8.08. The van der Waals surface area contributed by atoms with E-state index in [1.165, 1.54) is 54.6 Å². The standard InChI is InChI=1S/C37H38F3NO12/c1-8-9-20-26(48-5)28(52-33(47)35(49-6,37(38,39)40)25-18-14-11-15-19-25)27-21(2)29(44)34(53-27)31(51-23(4)43)36(50-7,41(22(3)42)32(34)46)30(45)24-16-12-10-13-17-24/h9-20,26,28,31H,8H2,1-7H3/b20-9-/t26?,28?,31-,34-,35+,36-/m1/s1. The number of benzene rings is 2. The van der Waals surface area contributed by atoms with Gasteiger partial charge in [-0.1, -0.05) is 79.7 Å². The number of allylic oxidation sites excluding steroid dienone is 1. The van der Waals surface area contributed by atoms with E-state index in [1.54, 1.807) is 13.0 Å². The molecule has 6 atom stereocenters. The van der Waals surface area contributed by atoms with Crippen LogP contribution >= 0.6 is 0 Å². The molecular formula is C37H38F3NO12. The van der Waals surface area contributed by atoms with Gasteiger partial charge in [0.25, 0.3) is 22.8 Å². The number of nitrogens with zero attached hydrogens (tertiary/aromatic N) is 1. The summed E-state index contributed by atoms with van der Waals surface area (Å²) in [4.78, 5) is 83.6. The van der Waals surface area contributed by atoms with Gasteiger partial charge in [-0.05, 0) is 13.3 Å². The predicted molar refractivity (Wildman–Crippen MR) is 176 cm³/mol. The molecule has 16 heteroatoms. The van der Waals surface area contributed by atoms with Gasteiger partial charge in [0.15, 0.2) is 6.10 Å². The summed E-state index contributed by atoms with van der Waals surface area (Å²) in [5.41, 5.74) is -10.9. The molecule has 284 valence electrons. The number of hydrogen-bond donors (Lipinski definition) is 0. The van der Waals surface area contributed by atoms with Gasteiger partial charge in [-0.15, -0.1) is 0 Å². The van der Waals surface area contributed by atoms with Gasteiger partial charge in [0.05, 0.1) is 0 Å². The molecule has 4 rings (SSSR count). The van der Waals surface area contributed by atoms with Crippen molar-refractivity contribution in [3.05, 3.63) is 95.3 Å². The Morgan fingerprint density at radius 1 is 0.962 bits per heavy atom. The van der Waals surface area contributed by atoms with Crippen LogP contribution in [0.25, 0.3) is 0 Å². The zero-order valence-corrected chi connectivity index (χ0v) is 29.8. The number of hydrogen-bond acceptors (Lipinski definition) is 12. The molecule has 1 spiro atoms. The lowest BCUT2D eigenvalue weighted by Crippen LogP contribution is -2.63. The average molecular weight is 746 g/mol. The number of Topliss-reactive ketones (excluding diaryl/α,β-unsaturated/α-hetero) is 2. The average Bonchev–Trinajstić information content (AvgIpc) is 3.51. The fraction of sp³-hybridized carbons (Fsp3) is 0.405. The van der Waals surface area contributed by atoms with Crippen molar-refractivity contribution in [2.24, 2.45) is 0 Å². The van der Waals surface area contributed by atoms with Crippen LogP contribution in [0.1, 0.15) is 50.0 Å². The van der Waals surface area contributed by atoms with Crippen molar-refractivity contribution in [2.45, 2.75) is 75.5 Å². The van der Waals surface area contributed by atoms with E-state index in [2.05, 4.69) is 0 Å². The van der Waals surface area contributed by atoms with E-state index in [-0.39, 0.29) is 5.56 Å². The third-order valence-corrected chi connectivity index (χ3v) is 8.96. The first-order valence-electron chi connectivity index (χ1n) is 16.2. The van der Waals surface area contributed by atoms with Crippen molar-refractivity contribution in [1.29, 1.82) is 0 Å². The number of rotatable bonds is 13. The Bertz CT molecular complexity index is 1830. The quantitative estimate of drug-likeness (QED) is 0.125.